The fourth-order valence-corrected chi connectivity index (χ4v) is 6.93. The summed E-state index contributed by atoms with van der Waals surface area (Å²) in [6, 6.07) is 18.3. The summed E-state index contributed by atoms with van der Waals surface area (Å²) < 4.78 is 5.97. The molecule has 266 valence electrons. The minimum Gasteiger partial charge on any atom is -0.426 e. The van der Waals surface area contributed by atoms with Gasteiger partial charge in [0.25, 0.3) is 0 Å². The second-order valence-electron chi connectivity index (χ2n) is 17.3. The fraction of sp³-hybridized carbons (Fsp3) is 0.591. The van der Waals surface area contributed by atoms with Crippen molar-refractivity contribution in [2.24, 2.45) is 0 Å². The molecule has 0 atom stereocenters. The van der Waals surface area contributed by atoms with E-state index in [-0.39, 0.29) is 27.1 Å². The number of rotatable bonds is 15. The number of hydrogen-bond acceptors (Lipinski definition) is 3. The van der Waals surface area contributed by atoms with E-state index in [0.717, 1.165) is 49.7 Å². The zero-order chi connectivity index (χ0) is 36.5. The molecule has 4 heteroatoms. The second-order valence-corrected chi connectivity index (χ2v) is 18.0. The van der Waals surface area contributed by atoms with Crippen LogP contribution in [-0.4, -0.2) is 9.79 Å². The van der Waals surface area contributed by atoms with Crippen LogP contribution in [-0.2, 0) is 33.5 Å². The van der Waals surface area contributed by atoms with E-state index < -0.39 is 8.60 Å². The Hall–Kier alpha value is -2.19. The highest BCUT2D eigenvalue weighted by Crippen LogP contribution is 2.49. The van der Waals surface area contributed by atoms with Gasteiger partial charge in [-0.15, -0.1) is 0 Å². The Morgan fingerprint density at radius 3 is 1.44 bits per heavy atom. The van der Waals surface area contributed by atoms with Crippen molar-refractivity contribution >= 4 is 8.60 Å². The highest BCUT2D eigenvalue weighted by Gasteiger charge is 2.33. The van der Waals surface area contributed by atoms with Crippen molar-refractivity contribution in [3.8, 4) is 16.9 Å². The van der Waals surface area contributed by atoms with Crippen molar-refractivity contribution in [3.63, 3.8) is 0 Å². The van der Waals surface area contributed by atoms with Gasteiger partial charge in [0.15, 0.2) is 0 Å². The normalized spacial score (nSPS) is 13.4. The van der Waals surface area contributed by atoms with Crippen LogP contribution in [0.15, 0.2) is 48.5 Å². The fourth-order valence-electron chi connectivity index (χ4n) is 6.60. The second kappa shape index (κ2) is 15.0. The van der Waals surface area contributed by atoms with Crippen LogP contribution in [0.2, 0.25) is 0 Å². The van der Waals surface area contributed by atoms with Gasteiger partial charge in [0.1, 0.15) is 5.75 Å². The molecule has 0 saturated heterocycles. The molecule has 2 N–H and O–H groups in total. The molecular weight excluding hydrogens is 607 g/mol. The van der Waals surface area contributed by atoms with Crippen LogP contribution in [0.1, 0.15) is 175 Å². The van der Waals surface area contributed by atoms with Crippen molar-refractivity contribution in [2.75, 3.05) is 0 Å². The van der Waals surface area contributed by atoms with Gasteiger partial charge in [0.2, 0.25) is 0 Å². The van der Waals surface area contributed by atoms with Crippen molar-refractivity contribution in [2.45, 2.75) is 169 Å². The van der Waals surface area contributed by atoms with Crippen molar-refractivity contribution in [1.29, 1.82) is 0 Å². The summed E-state index contributed by atoms with van der Waals surface area (Å²) in [4.78, 5) is 20.6. The minimum atomic E-state index is -2.61. The lowest BCUT2D eigenvalue weighted by Crippen LogP contribution is -2.24. The molecule has 0 amide bonds. The van der Waals surface area contributed by atoms with Gasteiger partial charge in [-0.2, -0.15) is 0 Å². The first kappa shape index (κ1) is 40.2. The first-order valence-electron chi connectivity index (χ1n) is 18.4. The molecule has 0 radical (unpaired) electrons. The minimum absolute atomic E-state index is 0.0167. The summed E-state index contributed by atoms with van der Waals surface area (Å²) >= 11 is 0. The van der Waals surface area contributed by atoms with E-state index in [1.54, 1.807) is 0 Å². The molecule has 0 aromatic heterocycles. The van der Waals surface area contributed by atoms with Gasteiger partial charge >= 0.3 is 8.60 Å². The third-order valence-corrected chi connectivity index (χ3v) is 12.8. The standard InChI is InChI=1S/C44H67O3P/c1-16-40(6,7)31-22-21-30(36(28-31)43(12,13)19-4)27-34-35(42(10,11)18-3)25-26-38(47-48(45)46)39(34)33-24-23-32(41(8,9)17-2)29-37(33)44(14,15)20-5/h21-26,28-29,45-46H,16-20,27H2,1-15H3. The maximum atomic E-state index is 10.3. The molecule has 0 aliphatic carbocycles. The van der Waals surface area contributed by atoms with Crippen LogP contribution in [0.5, 0.6) is 5.75 Å². The molecule has 0 saturated carbocycles. The highest BCUT2D eigenvalue weighted by atomic mass is 31.2. The summed E-state index contributed by atoms with van der Waals surface area (Å²) in [5.41, 5.74) is 11.2. The Morgan fingerprint density at radius 1 is 0.521 bits per heavy atom. The Labute approximate surface area is 295 Å². The van der Waals surface area contributed by atoms with Gasteiger partial charge in [0.05, 0.1) is 0 Å². The SMILES string of the molecule is CCC(C)(C)c1ccc(Cc2c(C(C)(C)CC)ccc(OP(O)O)c2-c2ccc(C(C)(C)CC)cc2C(C)(C)CC)c(C(C)(C)CC)c1. The van der Waals surface area contributed by atoms with Crippen molar-refractivity contribution in [1.82, 2.24) is 0 Å². The zero-order valence-corrected chi connectivity index (χ0v) is 34.0. The molecule has 0 spiro atoms. The molecule has 3 nitrogen and oxygen atoms in total. The molecule has 0 aliphatic rings. The van der Waals surface area contributed by atoms with Gasteiger partial charge in [-0.05, 0) is 116 Å². The average molecular weight is 675 g/mol. The summed E-state index contributed by atoms with van der Waals surface area (Å²) in [6.07, 6.45) is 5.81. The lowest BCUT2D eigenvalue weighted by molar-refractivity contribution is 0.375. The Bertz CT molecular complexity index is 1560. The van der Waals surface area contributed by atoms with E-state index in [0.29, 0.717) is 5.75 Å². The molecule has 0 unspecified atom stereocenters. The van der Waals surface area contributed by atoms with E-state index in [1.807, 2.05) is 6.07 Å². The summed E-state index contributed by atoms with van der Waals surface area (Å²) in [5, 5.41) is 0. The predicted molar refractivity (Wildman–Crippen MR) is 210 cm³/mol. The van der Waals surface area contributed by atoms with Crippen LogP contribution in [0.4, 0.5) is 0 Å². The van der Waals surface area contributed by atoms with Crippen LogP contribution >= 0.6 is 8.60 Å². The molecule has 3 aromatic rings. The lowest BCUT2D eigenvalue weighted by atomic mass is 9.70. The van der Waals surface area contributed by atoms with Crippen LogP contribution in [0, 0.1) is 0 Å². The van der Waals surface area contributed by atoms with Crippen molar-refractivity contribution < 1.29 is 14.3 Å². The quantitative estimate of drug-likeness (QED) is 0.158. The first-order chi connectivity index (χ1) is 22.1. The molecule has 0 heterocycles. The molecule has 3 aromatic carbocycles. The van der Waals surface area contributed by atoms with Gasteiger partial charge in [-0.3, -0.25) is 0 Å². The molecule has 0 fully saturated rings. The third kappa shape index (κ3) is 8.39. The maximum Gasteiger partial charge on any atom is 0.391 e. The monoisotopic (exact) mass is 674 g/mol. The molecular formula is C44H67O3P. The van der Waals surface area contributed by atoms with E-state index >= 15 is 0 Å². The third-order valence-electron chi connectivity index (χ3n) is 12.4. The van der Waals surface area contributed by atoms with E-state index in [4.69, 9.17) is 4.52 Å². The Morgan fingerprint density at radius 2 is 0.958 bits per heavy atom. The zero-order valence-electron chi connectivity index (χ0n) is 33.1. The van der Waals surface area contributed by atoms with E-state index in [9.17, 15) is 9.79 Å². The molecule has 0 aliphatic heterocycles. The molecule has 3 rings (SSSR count). The summed E-state index contributed by atoms with van der Waals surface area (Å²) in [7, 11) is -2.61. The summed E-state index contributed by atoms with van der Waals surface area (Å²) in [5.74, 6) is 0.535. The maximum absolute atomic E-state index is 10.3. The predicted octanol–water partition coefficient (Wildman–Crippen LogP) is 13.0. The first-order valence-corrected chi connectivity index (χ1v) is 19.6. The van der Waals surface area contributed by atoms with Crippen LogP contribution in [0.25, 0.3) is 11.1 Å². The number of benzene rings is 3. The van der Waals surface area contributed by atoms with Crippen LogP contribution in [0.3, 0.4) is 0 Å². The average Bonchev–Trinajstić information content (AvgIpc) is 3.04. The highest BCUT2D eigenvalue weighted by molar-refractivity contribution is 7.39. The smallest absolute Gasteiger partial charge is 0.391 e. The number of hydrogen-bond donors (Lipinski definition) is 2. The Balaban J connectivity index is 2.57. The summed E-state index contributed by atoms with van der Waals surface area (Å²) in [6.45, 7) is 34.7. The van der Waals surface area contributed by atoms with Gasteiger partial charge in [-0.1, -0.05) is 146 Å². The molecule has 0 bridgehead atoms. The van der Waals surface area contributed by atoms with Gasteiger partial charge in [-0.25, -0.2) is 0 Å². The van der Waals surface area contributed by atoms with E-state index in [1.165, 1.54) is 38.9 Å². The van der Waals surface area contributed by atoms with Gasteiger partial charge in [0, 0.05) is 5.56 Å². The molecule has 48 heavy (non-hydrogen) atoms. The van der Waals surface area contributed by atoms with Crippen LogP contribution < -0.4 is 4.52 Å². The van der Waals surface area contributed by atoms with Crippen molar-refractivity contribution in [3.05, 3.63) is 87.5 Å². The lowest BCUT2D eigenvalue weighted by Gasteiger charge is -2.35. The Kier molecular flexibility index (Phi) is 12.5. The van der Waals surface area contributed by atoms with Gasteiger partial charge < -0.3 is 14.3 Å². The largest absolute Gasteiger partial charge is 0.426 e. The topological polar surface area (TPSA) is 49.7 Å². The van der Waals surface area contributed by atoms with E-state index in [2.05, 4.69) is 146 Å².